The zero-order valence-electron chi connectivity index (χ0n) is 13.2. The van der Waals surface area contributed by atoms with E-state index in [9.17, 15) is 18.0 Å². The normalized spacial score (nSPS) is 14.1. The van der Waals surface area contributed by atoms with Crippen molar-refractivity contribution in [2.75, 3.05) is 0 Å². The fourth-order valence-electron chi connectivity index (χ4n) is 1.79. The molecule has 7 nitrogen and oxygen atoms in total. The van der Waals surface area contributed by atoms with Crippen LogP contribution in [0.4, 0.5) is 4.79 Å². The van der Waals surface area contributed by atoms with E-state index in [1.165, 1.54) is 6.08 Å². The Balaban J connectivity index is 2.78. The largest absolute Gasteiger partial charge is 0.480 e. The van der Waals surface area contributed by atoms with E-state index in [1.54, 1.807) is 42.8 Å². The van der Waals surface area contributed by atoms with Gasteiger partial charge in [-0.25, -0.2) is 22.7 Å². The SMILES string of the molecule is CCC(C)C(NC(=O)NS(=O)(=O)C=Cc1ccccc1Cl)C(=O)O. The van der Waals surface area contributed by atoms with Gasteiger partial charge < -0.3 is 10.4 Å². The number of hydrogen-bond donors (Lipinski definition) is 3. The molecule has 24 heavy (non-hydrogen) atoms. The topological polar surface area (TPSA) is 113 Å². The maximum absolute atomic E-state index is 11.9. The van der Waals surface area contributed by atoms with Gasteiger partial charge in [-0.05, 0) is 23.6 Å². The van der Waals surface area contributed by atoms with E-state index in [2.05, 4.69) is 5.32 Å². The van der Waals surface area contributed by atoms with Crippen LogP contribution in [-0.4, -0.2) is 31.6 Å². The van der Waals surface area contributed by atoms with Gasteiger partial charge in [0.25, 0.3) is 10.0 Å². The number of rotatable bonds is 7. The summed E-state index contributed by atoms with van der Waals surface area (Å²) in [7, 11) is -4.09. The lowest BCUT2D eigenvalue weighted by molar-refractivity contribution is -0.140. The van der Waals surface area contributed by atoms with Crippen molar-refractivity contribution in [2.24, 2.45) is 5.92 Å². The van der Waals surface area contributed by atoms with E-state index < -0.39 is 28.1 Å². The van der Waals surface area contributed by atoms with Crippen molar-refractivity contribution in [3.63, 3.8) is 0 Å². The van der Waals surface area contributed by atoms with Gasteiger partial charge in [0.05, 0.1) is 5.41 Å². The molecular weight excluding hydrogens is 356 g/mol. The molecule has 9 heteroatoms. The van der Waals surface area contributed by atoms with Crippen molar-refractivity contribution in [1.82, 2.24) is 10.0 Å². The summed E-state index contributed by atoms with van der Waals surface area (Å²) in [4.78, 5) is 22.9. The molecule has 0 aromatic heterocycles. The van der Waals surface area contributed by atoms with Crippen LogP contribution in [0, 0.1) is 5.92 Å². The third-order valence-corrected chi connectivity index (χ3v) is 4.64. The molecule has 132 valence electrons. The minimum atomic E-state index is -4.09. The van der Waals surface area contributed by atoms with Crippen LogP contribution in [0.5, 0.6) is 0 Å². The highest BCUT2D eigenvalue weighted by Gasteiger charge is 2.26. The number of amides is 2. The van der Waals surface area contributed by atoms with Crippen LogP contribution in [0.3, 0.4) is 0 Å². The number of aliphatic carboxylic acids is 1. The molecule has 0 bridgehead atoms. The van der Waals surface area contributed by atoms with Gasteiger partial charge in [0.2, 0.25) is 0 Å². The quantitative estimate of drug-likeness (QED) is 0.678. The summed E-state index contributed by atoms with van der Waals surface area (Å²) in [6, 6.07) is 4.29. The number of urea groups is 1. The molecule has 0 radical (unpaired) electrons. The van der Waals surface area contributed by atoms with Crippen molar-refractivity contribution < 1.29 is 23.1 Å². The monoisotopic (exact) mass is 374 g/mol. The maximum atomic E-state index is 11.9. The average molecular weight is 375 g/mol. The molecule has 0 saturated heterocycles. The number of hydrogen-bond acceptors (Lipinski definition) is 4. The second-order valence-corrected chi connectivity index (χ2v) is 7.12. The van der Waals surface area contributed by atoms with Crippen LogP contribution in [0.1, 0.15) is 25.8 Å². The Bertz CT molecular complexity index is 733. The molecule has 2 atom stereocenters. The molecule has 2 amide bonds. The molecule has 0 spiro atoms. The Morgan fingerprint density at radius 1 is 1.33 bits per heavy atom. The molecule has 0 aliphatic heterocycles. The molecule has 2 unspecified atom stereocenters. The predicted octanol–water partition coefficient (Wildman–Crippen LogP) is 2.44. The van der Waals surface area contributed by atoms with Crippen LogP contribution < -0.4 is 10.0 Å². The number of carbonyl (C=O) groups is 2. The van der Waals surface area contributed by atoms with Crippen LogP contribution in [0.2, 0.25) is 5.02 Å². The lowest BCUT2D eigenvalue weighted by Gasteiger charge is -2.19. The summed E-state index contributed by atoms with van der Waals surface area (Å²) >= 11 is 5.90. The Labute approximate surface area is 145 Å². The summed E-state index contributed by atoms with van der Waals surface area (Å²) in [5, 5.41) is 12.4. The number of carboxylic acids is 1. The zero-order valence-corrected chi connectivity index (χ0v) is 14.8. The molecule has 0 fully saturated rings. The fraction of sp³-hybridized carbons (Fsp3) is 0.333. The van der Waals surface area contributed by atoms with E-state index in [4.69, 9.17) is 16.7 Å². The number of benzene rings is 1. The molecule has 0 aliphatic rings. The molecular formula is C15H19ClN2O5S. The van der Waals surface area contributed by atoms with Gasteiger partial charge >= 0.3 is 12.0 Å². The first-order valence-corrected chi connectivity index (χ1v) is 9.07. The predicted molar refractivity (Wildman–Crippen MR) is 92.0 cm³/mol. The van der Waals surface area contributed by atoms with Gasteiger partial charge in [-0.15, -0.1) is 0 Å². The van der Waals surface area contributed by atoms with Crippen molar-refractivity contribution in [3.05, 3.63) is 40.3 Å². The standard InChI is InChI=1S/C15H19ClN2O5S/c1-3-10(2)13(14(19)20)17-15(21)18-24(22,23)9-8-11-6-4-5-7-12(11)16/h4-10,13H,3H2,1-2H3,(H,19,20)(H2,17,18,21). The van der Waals surface area contributed by atoms with Crippen molar-refractivity contribution >= 4 is 39.7 Å². The lowest BCUT2D eigenvalue weighted by Crippen LogP contribution is -2.50. The van der Waals surface area contributed by atoms with Gasteiger partial charge in [0.15, 0.2) is 0 Å². The van der Waals surface area contributed by atoms with E-state index in [1.807, 2.05) is 0 Å². The van der Waals surface area contributed by atoms with Crippen LogP contribution in [0.15, 0.2) is 29.7 Å². The molecule has 0 aliphatic carbocycles. The summed E-state index contributed by atoms with van der Waals surface area (Å²) in [6.45, 7) is 3.41. The van der Waals surface area contributed by atoms with Crippen LogP contribution in [0.25, 0.3) is 6.08 Å². The molecule has 1 aromatic carbocycles. The highest BCUT2D eigenvalue weighted by Crippen LogP contribution is 2.16. The number of carboxylic acid groups (broad SMARTS) is 1. The summed E-state index contributed by atoms with van der Waals surface area (Å²) in [5.74, 6) is -1.59. The summed E-state index contributed by atoms with van der Waals surface area (Å²) < 4.78 is 25.5. The van der Waals surface area contributed by atoms with Crippen molar-refractivity contribution in [2.45, 2.75) is 26.3 Å². The average Bonchev–Trinajstić information content (AvgIpc) is 2.50. The summed E-state index contributed by atoms with van der Waals surface area (Å²) in [5.41, 5.74) is 0.466. The van der Waals surface area contributed by atoms with Crippen molar-refractivity contribution in [1.29, 1.82) is 0 Å². The zero-order chi connectivity index (χ0) is 18.3. The van der Waals surface area contributed by atoms with E-state index >= 15 is 0 Å². The molecule has 0 saturated carbocycles. The number of nitrogens with one attached hydrogen (secondary N) is 2. The van der Waals surface area contributed by atoms with E-state index in [-0.39, 0.29) is 5.92 Å². The Morgan fingerprint density at radius 2 is 1.96 bits per heavy atom. The Hall–Kier alpha value is -2.06. The van der Waals surface area contributed by atoms with Gasteiger partial charge in [0.1, 0.15) is 6.04 Å². The first-order chi connectivity index (χ1) is 11.2. The fourth-order valence-corrected chi connectivity index (χ4v) is 2.70. The second-order valence-electron chi connectivity index (χ2n) is 5.15. The first-order valence-electron chi connectivity index (χ1n) is 7.15. The Kier molecular flexibility index (Phi) is 7.24. The molecule has 1 aromatic rings. The highest BCUT2D eigenvalue weighted by molar-refractivity contribution is 7.93. The van der Waals surface area contributed by atoms with Gasteiger partial charge in [-0.1, -0.05) is 50.1 Å². The molecule has 0 heterocycles. The number of sulfonamides is 1. The van der Waals surface area contributed by atoms with Gasteiger partial charge in [-0.3, -0.25) is 0 Å². The van der Waals surface area contributed by atoms with Crippen LogP contribution >= 0.6 is 11.6 Å². The smallest absolute Gasteiger partial charge is 0.329 e. The second kappa shape index (κ2) is 8.70. The van der Waals surface area contributed by atoms with E-state index in [0.29, 0.717) is 17.0 Å². The van der Waals surface area contributed by atoms with Crippen LogP contribution in [-0.2, 0) is 14.8 Å². The molecule has 3 N–H and O–H groups in total. The number of halogens is 1. The van der Waals surface area contributed by atoms with Gasteiger partial charge in [-0.2, -0.15) is 0 Å². The lowest BCUT2D eigenvalue weighted by atomic mass is 10.00. The number of carbonyl (C=O) groups excluding carboxylic acids is 1. The van der Waals surface area contributed by atoms with E-state index in [0.717, 1.165) is 5.41 Å². The summed E-state index contributed by atoms with van der Waals surface area (Å²) in [6.07, 6.45) is 1.75. The third kappa shape index (κ3) is 6.21. The third-order valence-electron chi connectivity index (χ3n) is 3.33. The Morgan fingerprint density at radius 3 is 2.50 bits per heavy atom. The minimum absolute atomic E-state index is 0.352. The molecule has 1 rings (SSSR count). The van der Waals surface area contributed by atoms with Crippen molar-refractivity contribution in [3.8, 4) is 0 Å². The van der Waals surface area contributed by atoms with Gasteiger partial charge in [0, 0.05) is 5.02 Å². The maximum Gasteiger partial charge on any atom is 0.329 e. The minimum Gasteiger partial charge on any atom is -0.480 e. The highest BCUT2D eigenvalue weighted by atomic mass is 35.5. The first kappa shape index (κ1) is 20.0.